The lowest BCUT2D eigenvalue weighted by atomic mass is 10.3. The Bertz CT molecular complexity index is 611. The zero-order valence-corrected chi connectivity index (χ0v) is 11.3. The molecule has 0 aliphatic heterocycles. The highest BCUT2D eigenvalue weighted by Crippen LogP contribution is 2.33. The smallest absolute Gasteiger partial charge is 0.307 e. The van der Waals surface area contributed by atoms with Crippen molar-refractivity contribution in [2.24, 2.45) is 5.92 Å². The zero-order chi connectivity index (χ0) is 13.9. The first kappa shape index (κ1) is 12.7. The van der Waals surface area contributed by atoms with Gasteiger partial charge in [0.25, 0.3) is 0 Å². The molecule has 1 aromatic heterocycles. The van der Waals surface area contributed by atoms with E-state index in [1.54, 1.807) is 12.1 Å². The lowest BCUT2D eigenvalue weighted by molar-refractivity contribution is -0.118. The molecule has 1 heterocycles. The molecule has 0 bridgehead atoms. The molecule has 1 N–H and O–H groups in total. The first-order chi connectivity index (χ1) is 9.75. The van der Waals surface area contributed by atoms with Gasteiger partial charge < -0.3 is 5.32 Å². The molecule has 0 spiro atoms. The summed E-state index contributed by atoms with van der Waals surface area (Å²) in [5.74, 6) is -0.247. The molecule has 1 saturated carbocycles. The molecule has 0 atom stereocenters. The van der Waals surface area contributed by atoms with E-state index in [1.165, 1.54) is 6.20 Å². The van der Waals surface area contributed by atoms with E-state index in [2.05, 4.69) is 14.9 Å². The number of benzene rings is 1. The van der Waals surface area contributed by atoms with Crippen molar-refractivity contribution in [3.8, 4) is 0 Å². The minimum absolute atomic E-state index is 0.0568. The second kappa shape index (κ2) is 5.38. The number of imide groups is 1. The van der Waals surface area contributed by atoms with Gasteiger partial charge in [-0.05, 0) is 25.0 Å². The molecule has 7 heteroatoms. The summed E-state index contributed by atoms with van der Waals surface area (Å²) in [6.45, 7) is 0. The Kier molecular flexibility index (Phi) is 3.42. The molecule has 1 fully saturated rings. The van der Waals surface area contributed by atoms with Crippen LogP contribution in [0.1, 0.15) is 12.8 Å². The van der Waals surface area contributed by atoms with Crippen LogP contribution in [0, 0.1) is 5.92 Å². The minimum atomic E-state index is -0.473. The lowest BCUT2D eigenvalue weighted by Crippen LogP contribution is -2.40. The standard InChI is InChI=1S/C13H12N4O2S/c18-12(9-6-7-9)17(11-8-14-16-20-11)13(19)15-10-4-2-1-3-5-10/h1-5,8-9H,6-7H2,(H,15,19). The van der Waals surface area contributed by atoms with Crippen LogP contribution in [-0.4, -0.2) is 21.5 Å². The van der Waals surface area contributed by atoms with Crippen LogP contribution in [0.5, 0.6) is 0 Å². The van der Waals surface area contributed by atoms with E-state index >= 15 is 0 Å². The van der Waals surface area contributed by atoms with Crippen molar-refractivity contribution in [1.29, 1.82) is 0 Å². The van der Waals surface area contributed by atoms with Crippen molar-refractivity contribution in [3.05, 3.63) is 36.5 Å². The lowest BCUT2D eigenvalue weighted by Gasteiger charge is -2.18. The number of aromatic nitrogens is 2. The Morgan fingerprint density at radius 3 is 2.60 bits per heavy atom. The summed E-state index contributed by atoms with van der Waals surface area (Å²) in [7, 11) is 0. The van der Waals surface area contributed by atoms with E-state index in [-0.39, 0.29) is 11.8 Å². The van der Waals surface area contributed by atoms with Gasteiger partial charge >= 0.3 is 6.03 Å². The first-order valence-corrected chi connectivity index (χ1v) is 7.00. The second-order valence-corrected chi connectivity index (χ2v) is 5.26. The fraction of sp³-hybridized carbons (Fsp3) is 0.231. The second-order valence-electron chi connectivity index (χ2n) is 4.50. The van der Waals surface area contributed by atoms with Crippen molar-refractivity contribution < 1.29 is 9.59 Å². The maximum atomic E-state index is 12.3. The summed E-state index contributed by atoms with van der Waals surface area (Å²) in [6, 6.07) is 8.55. The van der Waals surface area contributed by atoms with Crippen LogP contribution in [0.4, 0.5) is 15.5 Å². The molecule has 0 radical (unpaired) electrons. The van der Waals surface area contributed by atoms with E-state index in [1.807, 2.05) is 18.2 Å². The van der Waals surface area contributed by atoms with Gasteiger partial charge in [0.15, 0.2) is 0 Å². The number of nitrogens with zero attached hydrogens (tertiary/aromatic N) is 3. The molecule has 3 amide bonds. The molecular formula is C13H12N4O2S. The minimum Gasteiger partial charge on any atom is -0.307 e. The molecule has 3 rings (SSSR count). The summed E-state index contributed by atoms with van der Waals surface area (Å²) in [6.07, 6.45) is 3.09. The zero-order valence-electron chi connectivity index (χ0n) is 10.5. The third-order valence-electron chi connectivity index (χ3n) is 2.95. The van der Waals surface area contributed by atoms with E-state index in [0.29, 0.717) is 10.7 Å². The molecule has 6 nitrogen and oxygen atoms in total. The average molecular weight is 288 g/mol. The number of para-hydroxylation sites is 1. The van der Waals surface area contributed by atoms with Crippen molar-refractivity contribution >= 4 is 34.2 Å². The summed E-state index contributed by atoms with van der Waals surface area (Å²) >= 11 is 1.03. The molecular weight excluding hydrogens is 276 g/mol. The monoisotopic (exact) mass is 288 g/mol. The third-order valence-corrected chi connectivity index (χ3v) is 3.60. The largest absolute Gasteiger partial charge is 0.333 e. The highest BCUT2D eigenvalue weighted by Gasteiger charge is 2.37. The number of rotatable bonds is 3. The molecule has 1 aliphatic carbocycles. The summed E-state index contributed by atoms with van der Waals surface area (Å²) in [5.41, 5.74) is 0.642. The number of anilines is 2. The van der Waals surface area contributed by atoms with Crippen LogP contribution < -0.4 is 10.2 Å². The maximum absolute atomic E-state index is 12.3. The van der Waals surface area contributed by atoms with Gasteiger partial charge in [-0.2, -0.15) is 0 Å². The first-order valence-electron chi connectivity index (χ1n) is 6.23. The van der Waals surface area contributed by atoms with Gasteiger partial charge in [0.1, 0.15) is 5.00 Å². The van der Waals surface area contributed by atoms with Gasteiger partial charge in [-0.25, -0.2) is 9.69 Å². The van der Waals surface area contributed by atoms with E-state index in [4.69, 9.17) is 0 Å². The fourth-order valence-corrected chi connectivity index (χ4v) is 2.31. The molecule has 1 aromatic carbocycles. The maximum Gasteiger partial charge on any atom is 0.333 e. The molecule has 1 aliphatic rings. The number of hydrogen-bond acceptors (Lipinski definition) is 5. The van der Waals surface area contributed by atoms with Crippen LogP contribution in [0.15, 0.2) is 36.5 Å². The van der Waals surface area contributed by atoms with Gasteiger partial charge in [-0.15, -0.1) is 5.10 Å². The number of hydrogen-bond donors (Lipinski definition) is 1. The Hall–Kier alpha value is -2.28. The molecule has 20 heavy (non-hydrogen) atoms. The number of urea groups is 1. The van der Waals surface area contributed by atoms with Gasteiger partial charge in [0.05, 0.1) is 6.20 Å². The number of carbonyl (C=O) groups excluding carboxylic acids is 2. The van der Waals surface area contributed by atoms with Crippen LogP contribution in [0.2, 0.25) is 0 Å². The summed E-state index contributed by atoms with van der Waals surface area (Å²) < 4.78 is 3.71. The highest BCUT2D eigenvalue weighted by atomic mass is 32.1. The van der Waals surface area contributed by atoms with E-state index < -0.39 is 6.03 Å². The van der Waals surface area contributed by atoms with Gasteiger partial charge in [0.2, 0.25) is 5.91 Å². The predicted octanol–water partition coefficient (Wildman–Crippen LogP) is 2.51. The quantitative estimate of drug-likeness (QED) is 0.941. The SMILES string of the molecule is O=C(Nc1ccccc1)N(C(=O)C1CC1)c1cnns1. The van der Waals surface area contributed by atoms with Crippen LogP contribution >= 0.6 is 11.5 Å². The average Bonchev–Trinajstić information content (AvgIpc) is 3.18. The molecule has 0 saturated heterocycles. The van der Waals surface area contributed by atoms with Crippen LogP contribution in [0.25, 0.3) is 0 Å². The molecule has 0 unspecified atom stereocenters. The van der Waals surface area contributed by atoms with Gasteiger partial charge in [0, 0.05) is 23.1 Å². The summed E-state index contributed by atoms with van der Waals surface area (Å²) in [5, 5.41) is 6.84. The van der Waals surface area contributed by atoms with E-state index in [0.717, 1.165) is 29.3 Å². The normalized spacial score (nSPS) is 13.8. The van der Waals surface area contributed by atoms with E-state index in [9.17, 15) is 9.59 Å². The van der Waals surface area contributed by atoms with Crippen molar-refractivity contribution in [1.82, 2.24) is 9.59 Å². The molecule has 2 aromatic rings. The topological polar surface area (TPSA) is 75.2 Å². The number of amides is 3. The highest BCUT2D eigenvalue weighted by molar-refractivity contribution is 7.10. The van der Waals surface area contributed by atoms with Crippen LogP contribution in [0.3, 0.4) is 0 Å². The third kappa shape index (κ3) is 2.67. The Morgan fingerprint density at radius 1 is 1.25 bits per heavy atom. The van der Waals surface area contributed by atoms with Crippen LogP contribution in [-0.2, 0) is 4.79 Å². The predicted molar refractivity (Wildman–Crippen MR) is 75.6 cm³/mol. The summed E-state index contributed by atoms with van der Waals surface area (Å²) in [4.78, 5) is 25.7. The van der Waals surface area contributed by atoms with Gasteiger partial charge in [-0.3, -0.25) is 4.79 Å². The van der Waals surface area contributed by atoms with Crippen molar-refractivity contribution in [2.45, 2.75) is 12.8 Å². The van der Waals surface area contributed by atoms with Gasteiger partial charge in [-0.1, -0.05) is 22.7 Å². The van der Waals surface area contributed by atoms with Crippen molar-refractivity contribution in [2.75, 3.05) is 10.2 Å². The Morgan fingerprint density at radius 2 is 2.00 bits per heavy atom. The van der Waals surface area contributed by atoms with Crippen molar-refractivity contribution in [3.63, 3.8) is 0 Å². The Balaban J connectivity index is 1.82. The molecule has 102 valence electrons. The fourth-order valence-electron chi connectivity index (χ4n) is 1.78. The number of nitrogens with one attached hydrogen (secondary N) is 1. The number of carbonyl (C=O) groups is 2. The Labute approximate surface area is 119 Å².